The van der Waals surface area contributed by atoms with E-state index in [1.54, 1.807) is 5.30 Å². The van der Waals surface area contributed by atoms with Crippen LogP contribution in [0.25, 0.3) is 21.5 Å². The summed E-state index contributed by atoms with van der Waals surface area (Å²) in [5.74, 6) is 1.60. The summed E-state index contributed by atoms with van der Waals surface area (Å²) in [5.41, 5.74) is 2.74. The Morgan fingerprint density at radius 1 is 0.875 bits per heavy atom. The van der Waals surface area contributed by atoms with Crippen molar-refractivity contribution in [2.45, 2.75) is 41.5 Å². The minimum atomic E-state index is -0.556. The van der Waals surface area contributed by atoms with Crippen molar-refractivity contribution >= 4 is 53.4 Å². The van der Waals surface area contributed by atoms with Crippen LogP contribution in [-0.4, -0.2) is 12.3 Å². The van der Waals surface area contributed by atoms with Gasteiger partial charge in [-0.2, -0.15) is 18.2 Å². The van der Waals surface area contributed by atoms with E-state index in [1.165, 1.54) is 45.0 Å². The number of aryl methyl sites for hydroxylation is 2. The predicted octanol–water partition coefficient (Wildman–Crippen LogP) is 9.53. The van der Waals surface area contributed by atoms with E-state index in [0.717, 1.165) is 11.8 Å². The SMILES string of the molecule is CC(C)CP(CC(C)C)c1cc2ccccc2[cH-]1.Cc1ccc(C)c2[cH-]ccc12.[Cl][Ti][Cl]. The second-order valence-corrected chi connectivity index (χ2v) is 14.1. The van der Waals surface area contributed by atoms with E-state index in [2.05, 4.69) is 108 Å². The van der Waals surface area contributed by atoms with Crippen molar-refractivity contribution < 1.29 is 17.0 Å². The van der Waals surface area contributed by atoms with Crippen LogP contribution in [0.5, 0.6) is 0 Å². The third kappa shape index (κ3) is 8.31. The van der Waals surface area contributed by atoms with Gasteiger partial charge >= 0.3 is 35.6 Å². The van der Waals surface area contributed by atoms with Crippen molar-refractivity contribution in [1.82, 2.24) is 0 Å². The second kappa shape index (κ2) is 13.9. The molecule has 0 unspecified atom stereocenters. The van der Waals surface area contributed by atoms with Crippen LogP contribution in [0.4, 0.5) is 0 Å². The first-order valence-electron chi connectivity index (χ1n) is 11.2. The maximum atomic E-state index is 4.89. The Balaban J connectivity index is 0.000000220. The molecule has 172 valence electrons. The topological polar surface area (TPSA) is 0 Å². The fourth-order valence-electron chi connectivity index (χ4n) is 4.02. The van der Waals surface area contributed by atoms with Gasteiger partial charge in [0.15, 0.2) is 0 Å². The summed E-state index contributed by atoms with van der Waals surface area (Å²) in [6, 6.07) is 24.4. The van der Waals surface area contributed by atoms with E-state index >= 15 is 0 Å². The summed E-state index contributed by atoms with van der Waals surface area (Å²) in [4.78, 5) is 0. The van der Waals surface area contributed by atoms with E-state index < -0.39 is 17.0 Å². The van der Waals surface area contributed by atoms with E-state index in [0.29, 0.717) is 0 Å². The van der Waals surface area contributed by atoms with E-state index in [1.807, 2.05) is 0 Å². The fourth-order valence-corrected chi connectivity index (χ4v) is 7.00. The maximum absolute atomic E-state index is 4.89. The molecule has 0 atom stereocenters. The fraction of sp³-hybridized carbons (Fsp3) is 0.357. The summed E-state index contributed by atoms with van der Waals surface area (Å²) >= 11 is -0.556. The molecule has 0 saturated carbocycles. The van der Waals surface area contributed by atoms with Gasteiger partial charge < -0.3 is 0 Å². The number of hydrogen-bond donors (Lipinski definition) is 0. The molecule has 0 aliphatic carbocycles. The quantitative estimate of drug-likeness (QED) is 0.139. The molecule has 4 aromatic carbocycles. The Labute approximate surface area is 212 Å². The van der Waals surface area contributed by atoms with Gasteiger partial charge in [-0.3, -0.25) is 0 Å². The molecule has 0 amide bonds. The van der Waals surface area contributed by atoms with Gasteiger partial charge in [-0.1, -0.05) is 60.2 Å². The van der Waals surface area contributed by atoms with Gasteiger partial charge in [0.2, 0.25) is 0 Å². The number of hydrogen-bond acceptors (Lipinski definition) is 0. The third-order valence-electron chi connectivity index (χ3n) is 5.39. The summed E-state index contributed by atoms with van der Waals surface area (Å²) in [5, 5.41) is 7.21. The molecule has 0 bridgehead atoms. The van der Waals surface area contributed by atoms with Crippen molar-refractivity contribution in [3.8, 4) is 0 Å². The summed E-state index contributed by atoms with van der Waals surface area (Å²) in [6.45, 7) is 13.7. The van der Waals surface area contributed by atoms with Gasteiger partial charge in [-0.15, -0.1) is 68.8 Å². The zero-order chi connectivity index (χ0) is 23.7. The first-order chi connectivity index (χ1) is 15.3. The number of benzene rings is 2. The molecule has 0 saturated heterocycles. The van der Waals surface area contributed by atoms with Crippen molar-refractivity contribution in [1.29, 1.82) is 0 Å². The zero-order valence-electron chi connectivity index (χ0n) is 20.1. The van der Waals surface area contributed by atoms with Crippen LogP contribution in [0.15, 0.2) is 66.7 Å². The van der Waals surface area contributed by atoms with Crippen LogP contribution in [-0.2, 0) is 17.0 Å². The molecular weight excluding hydrogens is 486 g/mol. The Morgan fingerprint density at radius 2 is 1.47 bits per heavy atom. The molecule has 0 spiro atoms. The average Bonchev–Trinajstić information content (AvgIpc) is 3.38. The monoisotopic (exact) mass is 520 g/mol. The van der Waals surface area contributed by atoms with Crippen LogP contribution in [0.2, 0.25) is 0 Å². The Morgan fingerprint density at radius 3 is 2.03 bits per heavy atom. The minimum absolute atomic E-state index is 0.0185. The van der Waals surface area contributed by atoms with Gasteiger partial charge in [0, 0.05) is 0 Å². The molecule has 0 heterocycles. The van der Waals surface area contributed by atoms with Crippen molar-refractivity contribution in [3.63, 3.8) is 0 Å². The van der Waals surface area contributed by atoms with E-state index in [4.69, 9.17) is 18.6 Å². The number of rotatable bonds is 5. The molecule has 0 nitrogen and oxygen atoms in total. The normalized spacial score (nSPS) is 11.0. The molecular formula is C28H35Cl2PTi-2. The van der Waals surface area contributed by atoms with Gasteiger partial charge in [-0.25, -0.2) is 0 Å². The molecule has 4 aromatic rings. The molecule has 0 fully saturated rings. The van der Waals surface area contributed by atoms with Gasteiger partial charge in [0.1, 0.15) is 0 Å². The van der Waals surface area contributed by atoms with Crippen LogP contribution >= 0.6 is 26.5 Å². The first kappa shape index (κ1) is 27.6. The van der Waals surface area contributed by atoms with E-state index in [-0.39, 0.29) is 7.92 Å². The number of fused-ring (bicyclic) bond motifs is 2. The molecule has 32 heavy (non-hydrogen) atoms. The molecule has 0 radical (unpaired) electrons. The van der Waals surface area contributed by atoms with Crippen molar-refractivity contribution in [3.05, 3.63) is 77.9 Å². The molecule has 4 heteroatoms. The molecule has 0 N–H and O–H groups in total. The first-order valence-corrected chi connectivity index (χ1v) is 17.3. The average molecular weight is 521 g/mol. The van der Waals surface area contributed by atoms with Crippen LogP contribution < -0.4 is 5.30 Å². The van der Waals surface area contributed by atoms with Crippen molar-refractivity contribution in [2.75, 3.05) is 12.3 Å². The molecule has 0 aliphatic heterocycles. The van der Waals surface area contributed by atoms with E-state index in [9.17, 15) is 0 Å². The molecule has 0 aliphatic rings. The second-order valence-electron chi connectivity index (χ2n) is 9.16. The van der Waals surface area contributed by atoms with Gasteiger partial charge in [0.05, 0.1) is 0 Å². The summed E-state index contributed by atoms with van der Waals surface area (Å²) in [6.07, 6.45) is 2.73. The van der Waals surface area contributed by atoms with Crippen LogP contribution in [0, 0.1) is 25.7 Å². The number of halogens is 2. The predicted molar refractivity (Wildman–Crippen MR) is 146 cm³/mol. The zero-order valence-corrected chi connectivity index (χ0v) is 24.1. The van der Waals surface area contributed by atoms with Crippen LogP contribution in [0.3, 0.4) is 0 Å². The summed E-state index contributed by atoms with van der Waals surface area (Å²) < 4.78 is 0. The Kier molecular flexibility index (Phi) is 12.0. The van der Waals surface area contributed by atoms with Gasteiger partial charge in [0.25, 0.3) is 0 Å². The van der Waals surface area contributed by atoms with Crippen LogP contribution in [0.1, 0.15) is 38.8 Å². The van der Waals surface area contributed by atoms with Gasteiger partial charge in [-0.05, 0) is 31.1 Å². The van der Waals surface area contributed by atoms with Crippen molar-refractivity contribution in [2.24, 2.45) is 11.8 Å². The standard InChI is InChI=1S/C17H24P.C11H11.2ClH.Ti/c1-13(2)11-18(12-14(3)4)17-9-15-7-5-6-8-16(15)10-17;1-8-6-7-9(2)11-5-3-4-10(8)11;;;/h5-10,13-14H,11-12H2,1-4H3;3-7H,1-2H3;2*1H;/q2*-1;;;+2/p-2. The Hall–Kier alpha value is -0.616. The summed E-state index contributed by atoms with van der Waals surface area (Å²) in [7, 11) is 9.80. The Bertz CT molecular complexity index is 998. The third-order valence-corrected chi connectivity index (χ3v) is 8.72. The molecule has 0 aromatic heterocycles. The molecule has 4 rings (SSSR count).